The average molecular weight is 264 g/mol. The van der Waals surface area contributed by atoms with Gasteiger partial charge < -0.3 is 20.1 Å². The quantitative estimate of drug-likeness (QED) is 0.611. The molecule has 0 radical (unpaired) electrons. The molecule has 0 aromatic heterocycles. The molecule has 7 nitrogen and oxygen atoms in total. The smallest absolute Gasteiger partial charge is 0.415 e. The normalized spacial score (nSPS) is 17.6. The number of rotatable bonds is 4. The second kappa shape index (κ2) is 5.85. The van der Waals surface area contributed by atoms with E-state index in [1.807, 2.05) is 30.3 Å². The molecule has 0 aliphatic carbocycles. The van der Waals surface area contributed by atoms with Crippen molar-refractivity contribution < 1.29 is 23.9 Å². The van der Waals surface area contributed by atoms with Crippen molar-refractivity contribution in [3.8, 4) is 0 Å². The van der Waals surface area contributed by atoms with Crippen LogP contribution in [-0.2, 0) is 20.9 Å². The fraction of sp³-hybridized carbons (Fsp3) is 0.250. The molecular formula is C12H12N2O5. The van der Waals surface area contributed by atoms with E-state index in [0.29, 0.717) is 0 Å². The number of nitrogens with one attached hydrogen (secondary N) is 2. The summed E-state index contributed by atoms with van der Waals surface area (Å²) in [6.07, 6.45) is -1.48. The summed E-state index contributed by atoms with van der Waals surface area (Å²) in [5, 5.41) is 4.62. The van der Waals surface area contributed by atoms with Crippen LogP contribution in [0.15, 0.2) is 30.3 Å². The second-order valence-electron chi connectivity index (χ2n) is 3.85. The first-order valence-corrected chi connectivity index (χ1v) is 5.62. The van der Waals surface area contributed by atoms with Crippen molar-refractivity contribution in [2.24, 2.45) is 0 Å². The fourth-order valence-electron chi connectivity index (χ4n) is 1.49. The molecule has 7 heteroatoms. The predicted molar refractivity (Wildman–Crippen MR) is 63.0 cm³/mol. The SMILES string of the molecule is O=C(NC[C@H]1NC(=O)OC1=O)OCc1ccccc1. The van der Waals surface area contributed by atoms with Gasteiger partial charge in [-0.3, -0.25) is 0 Å². The number of benzene rings is 1. The van der Waals surface area contributed by atoms with Crippen LogP contribution < -0.4 is 10.6 Å². The van der Waals surface area contributed by atoms with Gasteiger partial charge in [0.1, 0.15) is 12.6 Å². The lowest BCUT2D eigenvalue weighted by Crippen LogP contribution is -2.41. The number of esters is 1. The van der Waals surface area contributed by atoms with E-state index in [9.17, 15) is 14.4 Å². The number of cyclic esters (lactones) is 2. The molecule has 1 saturated heterocycles. The standard InChI is InChI=1S/C12H12N2O5/c15-10-9(14-12(17)19-10)6-13-11(16)18-7-8-4-2-1-3-5-8/h1-5,9H,6-7H2,(H,13,16)(H,14,17)/t9-/m1/s1. The molecule has 2 amide bonds. The van der Waals surface area contributed by atoms with Crippen molar-refractivity contribution in [2.45, 2.75) is 12.6 Å². The summed E-state index contributed by atoms with van der Waals surface area (Å²) in [7, 11) is 0. The molecule has 1 fully saturated rings. The van der Waals surface area contributed by atoms with Crippen molar-refractivity contribution >= 4 is 18.2 Å². The number of hydrogen-bond donors (Lipinski definition) is 2. The predicted octanol–water partition coefficient (Wildman–Crippen LogP) is 0.548. The minimum absolute atomic E-state index is 0.0712. The number of alkyl carbamates (subject to hydrolysis) is 2. The van der Waals surface area contributed by atoms with Gasteiger partial charge in [0.15, 0.2) is 0 Å². The Morgan fingerprint density at radius 3 is 2.68 bits per heavy atom. The summed E-state index contributed by atoms with van der Waals surface area (Å²) < 4.78 is 9.19. The molecule has 2 N–H and O–H groups in total. The van der Waals surface area contributed by atoms with Crippen molar-refractivity contribution in [3.63, 3.8) is 0 Å². The third-order valence-corrected chi connectivity index (χ3v) is 2.43. The minimum atomic E-state index is -0.864. The van der Waals surface area contributed by atoms with Gasteiger partial charge in [-0.1, -0.05) is 30.3 Å². The molecule has 0 unspecified atom stereocenters. The van der Waals surface area contributed by atoms with E-state index in [2.05, 4.69) is 15.4 Å². The van der Waals surface area contributed by atoms with Crippen molar-refractivity contribution in [1.29, 1.82) is 0 Å². The number of ether oxygens (including phenoxy) is 2. The zero-order valence-corrected chi connectivity index (χ0v) is 9.92. The Kier molecular flexibility index (Phi) is 3.97. The number of hydrogen-bond acceptors (Lipinski definition) is 5. The summed E-state index contributed by atoms with van der Waals surface area (Å²) in [6, 6.07) is 8.31. The van der Waals surface area contributed by atoms with Gasteiger partial charge in [-0.25, -0.2) is 14.4 Å². The van der Waals surface area contributed by atoms with Crippen LogP contribution in [0.3, 0.4) is 0 Å². The summed E-state index contributed by atoms with van der Waals surface area (Å²) in [4.78, 5) is 33.2. The van der Waals surface area contributed by atoms with Crippen molar-refractivity contribution in [2.75, 3.05) is 6.54 Å². The Labute approximate surface area is 108 Å². The highest BCUT2D eigenvalue weighted by Crippen LogP contribution is 2.01. The number of amides is 2. The van der Waals surface area contributed by atoms with Crippen LogP contribution in [0.4, 0.5) is 9.59 Å². The van der Waals surface area contributed by atoms with Crippen LogP contribution in [0.5, 0.6) is 0 Å². The summed E-state index contributed by atoms with van der Waals surface area (Å²) in [5.74, 6) is -0.714. The number of carbonyl (C=O) groups excluding carboxylic acids is 3. The summed E-state index contributed by atoms with van der Waals surface area (Å²) in [6.45, 7) is 0.0618. The molecule has 2 rings (SSSR count). The molecule has 1 atom stereocenters. The van der Waals surface area contributed by atoms with E-state index in [1.165, 1.54) is 0 Å². The Morgan fingerprint density at radius 2 is 2.05 bits per heavy atom. The Morgan fingerprint density at radius 1 is 1.32 bits per heavy atom. The Balaban J connectivity index is 1.70. The maximum atomic E-state index is 11.4. The maximum absolute atomic E-state index is 11.4. The summed E-state index contributed by atoms with van der Waals surface area (Å²) in [5.41, 5.74) is 0.853. The second-order valence-corrected chi connectivity index (χ2v) is 3.85. The van der Waals surface area contributed by atoms with Gasteiger partial charge in [0, 0.05) is 0 Å². The lowest BCUT2D eigenvalue weighted by molar-refractivity contribution is -0.135. The van der Waals surface area contributed by atoms with Gasteiger partial charge in [0.25, 0.3) is 0 Å². The highest BCUT2D eigenvalue weighted by atomic mass is 16.6. The molecule has 1 aliphatic heterocycles. The maximum Gasteiger partial charge on any atom is 0.415 e. The van der Waals surface area contributed by atoms with Gasteiger partial charge in [-0.2, -0.15) is 0 Å². The van der Waals surface area contributed by atoms with Crippen LogP contribution in [0.25, 0.3) is 0 Å². The van der Waals surface area contributed by atoms with E-state index in [1.54, 1.807) is 0 Å². The van der Waals surface area contributed by atoms with Crippen LogP contribution in [0, 0.1) is 0 Å². The molecule has 0 saturated carbocycles. The van der Waals surface area contributed by atoms with E-state index in [4.69, 9.17) is 4.74 Å². The molecule has 1 aromatic rings. The Hall–Kier alpha value is -2.57. The first-order chi connectivity index (χ1) is 9.15. The highest BCUT2D eigenvalue weighted by Gasteiger charge is 2.32. The van der Waals surface area contributed by atoms with Gasteiger partial charge >= 0.3 is 18.2 Å². The zero-order chi connectivity index (χ0) is 13.7. The molecule has 0 bridgehead atoms. The molecule has 100 valence electrons. The van der Waals surface area contributed by atoms with Gasteiger partial charge in [0.2, 0.25) is 0 Å². The van der Waals surface area contributed by atoms with E-state index >= 15 is 0 Å². The summed E-state index contributed by atoms with van der Waals surface area (Å²) >= 11 is 0. The van der Waals surface area contributed by atoms with Gasteiger partial charge in [-0.15, -0.1) is 0 Å². The highest BCUT2D eigenvalue weighted by molar-refractivity contribution is 5.95. The molecular weight excluding hydrogens is 252 g/mol. The fourth-order valence-corrected chi connectivity index (χ4v) is 1.49. The third-order valence-electron chi connectivity index (χ3n) is 2.43. The molecule has 0 spiro atoms. The first-order valence-electron chi connectivity index (χ1n) is 5.62. The molecule has 1 heterocycles. The van der Waals surface area contributed by atoms with E-state index in [0.717, 1.165) is 5.56 Å². The lowest BCUT2D eigenvalue weighted by Gasteiger charge is -2.08. The Bertz CT molecular complexity index is 488. The molecule has 19 heavy (non-hydrogen) atoms. The topological polar surface area (TPSA) is 93.7 Å². The van der Waals surface area contributed by atoms with Crippen molar-refractivity contribution in [1.82, 2.24) is 10.6 Å². The van der Waals surface area contributed by atoms with Gasteiger partial charge in [0.05, 0.1) is 6.54 Å². The zero-order valence-electron chi connectivity index (χ0n) is 9.92. The number of carbonyl (C=O) groups is 3. The van der Waals surface area contributed by atoms with Crippen LogP contribution in [0.2, 0.25) is 0 Å². The van der Waals surface area contributed by atoms with E-state index < -0.39 is 24.2 Å². The van der Waals surface area contributed by atoms with Crippen LogP contribution >= 0.6 is 0 Å². The molecule has 1 aromatic carbocycles. The first kappa shape index (κ1) is 12.9. The lowest BCUT2D eigenvalue weighted by atomic mass is 10.2. The van der Waals surface area contributed by atoms with E-state index in [-0.39, 0.29) is 13.2 Å². The average Bonchev–Trinajstić information content (AvgIpc) is 2.73. The van der Waals surface area contributed by atoms with Crippen molar-refractivity contribution in [3.05, 3.63) is 35.9 Å². The van der Waals surface area contributed by atoms with Gasteiger partial charge in [-0.05, 0) is 5.56 Å². The monoisotopic (exact) mass is 264 g/mol. The largest absolute Gasteiger partial charge is 0.445 e. The molecule has 1 aliphatic rings. The third kappa shape index (κ3) is 3.70. The van der Waals surface area contributed by atoms with Crippen LogP contribution in [-0.4, -0.2) is 30.7 Å². The minimum Gasteiger partial charge on any atom is -0.445 e. The van der Waals surface area contributed by atoms with Crippen LogP contribution in [0.1, 0.15) is 5.56 Å².